The molecule has 1 aromatic heterocycles. The first-order valence-corrected chi connectivity index (χ1v) is 13.5. The summed E-state index contributed by atoms with van der Waals surface area (Å²) in [6, 6.07) is 2.50. The van der Waals surface area contributed by atoms with E-state index >= 15 is 8.78 Å². The van der Waals surface area contributed by atoms with Crippen LogP contribution < -0.4 is 5.32 Å². The standard InChI is InChI=1S/C17H23BrF2N3O5PS/c1-4-27-29(24,28-5-2)17(19,20)13-10-15-12(9-14(13)18)11-22-16(23-15)21-7-6-8-30(3,25)26/h9-11H,4-8H2,1-3H3,(H,21,22,23). The first-order valence-electron chi connectivity index (χ1n) is 9.09. The molecule has 30 heavy (non-hydrogen) atoms. The fraction of sp³-hybridized carbons (Fsp3) is 0.529. The van der Waals surface area contributed by atoms with Gasteiger partial charge in [0.05, 0.1) is 24.5 Å². The monoisotopic (exact) mass is 529 g/mol. The minimum atomic E-state index is -4.78. The molecule has 0 bridgehead atoms. The topological polar surface area (TPSA) is 107 Å². The van der Waals surface area contributed by atoms with Gasteiger partial charge in [-0.3, -0.25) is 4.57 Å². The average molecular weight is 530 g/mol. The molecule has 0 fully saturated rings. The van der Waals surface area contributed by atoms with Crippen LogP contribution in [0.5, 0.6) is 0 Å². The van der Waals surface area contributed by atoms with Gasteiger partial charge >= 0.3 is 13.3 Å². The summed E-state index contributed by atoms with van der Waals surface area (Å²) >= 11 is 3.10. The fourth-order valence-electron chi connectivity index (χ4n) is 2.59. The number of halogens is 3. The van der Waals surface area contributed by atoms with Gasteiger partial charge in [0.15, 0.2) is 0 Å². The Morgan fingerprint density at radius 3 is 2.43 bits per heavy atom. The maximum Gasteiger partial charge on any atom is 0.404 e. The van der Waals surface area contributed by atoms with Gasteiger partial charge in [0.25, 0.3) is 0 Å². The predicted molar refractivity (Wildman–Crippen MR) is 115 cm³/mol. The summed E-state index contributed by atoms with van der Waals surface area (Å²) in [5, 5.41) is 3.34. The van der Waals surface area contributed by atoms with E-state index in [2.05, 4.69) is 31.2 Å². The minimum Gasteiger partial charge on any atom is -0.354 e. The third-order valence-electron chi connectivity index (χ3n) is 3.91. The second-order valence-corrected chi connectivity index (χ2v) is 11.6. The van der Waals surface area contributed by atoms with E-state index in [-0.39, 0.29) is 34.9 Å². The molecule has 13 heteroatoms. The van der Waals surface area contributed by atoms with Crippen molar-refractivity contribution in [3.63, 3.8) is 0 Å². The Bertz CT molecular complexity index is 1050. The van der Waals surface area contributed by atoms with Gasteiger partial charge in [0.1, 0.15) is 9.84 Å². The van der Waals surface area contributed by atoms with Crippen molar-refractivity contribution in [2.24, 2.45) is 0 Å². The molecule has 0 amide bonds. The molecule has 0 saturated carbocycles. The lowest BCUT2D eigenvalue weighted by Crippen LogP contribution is -2.19. The van der Waals surface area contributed by atoms with Crippen molar-refractivity contribution in [3.05, 3.63) is 28.4 Å². The van der Waals surface area contributed by atoms with Crippen LogP contribution in [-0.2, 0) is 29.1 Å². The van der Waals surface area contributed by atoms with Gasteiger partial charge < -0.3 is 14.4 Å². The normalized spacial score (nSPS) is 13.0. The predicted octanol–water partition coefficient (Wildman–Crippen LogP) is 4.55. The van der Waals surface area contributed by atoms with Crippen molar-refractivity contribution in [3.8, 4) is 0 Å². The molecule has 0 aliphatic heterocycles. The minimum absolute atomic E-state index is 0.00103. The SMILES string of the molecule is CCOP(=O)(OCC)C(F)(F)c1cc2nc(NCCCS(C)(=O)=O)ncc2cc1Br. The van der Waals surface area contributed by atoms with Crippen LogP contribution in [0.3, 0.4) is 0 Å². The van der Waals surface area contributed by atoms with E-state index in [1.54, 1.807) is 0 Å². The number of benzene rings is 1. The summed E-state index contributed by atoms with van der Waals surface area (Å²) in [4.78, 5) is 8.30. The number of hydrogen-bond acceptors (Lipinski definition) is 8. The highest BCUT2D eigenvalue weighted by Gasteiger charge is 2.55. The zero-order valence-corrected chi connectivity index (χ0v) is 20.0. The highest BCUT2D eigenvalue weighted by molar-refractivity contribution is 9.10. The number of rotatable bonds is 11. The van der Waals surface area contributed by atoms with Crippen molar-refractivity contribution in [1.29, 1.82) is 0 Å². The van der Waals surface area contributed by atoms with E-state index in [0.29, 0.717) is 18.4 Å². The van der Waals surface area contributed by atoms with Crippen LogP contribution in [0, 0.1) is 0 Å². The number of sulfone groups is 1. The average Bonchev–Trinajstić information content (AvgIpc) is 2.64. The second kappa shape index (κ2) is 9.95. The van der Waals surface area contributed by atoms with E-state index in [0.717, 1.165) is 12.3 Å². The molecule has 0 atom stereocenters. The first-order chi connectivity index (χ1) is 13.9. The van der Waals surface area contributed by atoms with E-state index in [1.807, 2.05) is 0 Å². The number of hydrogen-bond donors (Lipinski definition) is 1. The molecule has 0 aliphatic carbocycles. The van der Waals surface area contributed by atoms with Gasteiger partial charge in [-0.05, 0) is 32.4 Å². The smallest absolute Gasteiger partial charge is 0.354 e. The molecule has 2 aromatic rings. The van der Waals surface area contributed by atoms with Gasteiger partial charge in [-0.2, -0.15) is 8.78 Å². The number of alkyl halides is 2. The molecule has 0 radical (unpaired) electrons. The quantitative estimate of drug-likeness (QED) is 0.333. The number of nitrogens with zero attached hydrogens (tertiary/aromatic N) is 2. The summed E-state index contributed by atoms with van der Waals surface area (Å²) in [7, 11) is -7.86. The lowest BCUT2D eigenvalue weighted by Gasteiger charge is -2.26. The van der Waals surface area contributed by atoms with Crippen LogP contribution in [-0.4, -0.2) is 50.2 Å². The molecular weight excluding hydrogens is 507 g/mol. The molecule has 0 saturated heterocycles. The summed E-state index contributed by atoms with van der Waals surface area (Å²) in [5.74, 6) is 0.159. The zero-order valence-electron chi connectivity index (χ0n) is 16.7. The van der Waals surface area contributed by atoms with E-state index in [9.17, 15) is 13.0 Å². The Morgan fingerprint density at radius 2 is 1.87 bits per heavy atom. The maximum atomic E-state index is 15.2. The number of aromatic nitrogens is 2. The van der Waals surface area contributed by atoms with E-state index < -0.39 is 28.7 Å². The molecule has 0 spiro atoms. The Kier molecular flexibility index (Phi) is 8.31. The Balaban J connectivity index is 2.37. The Labute approximate surface area is 182 Å². The van der Waals surface area contributed by atoms with E-state index in [4.69, 9.17) is 9.05 Å². The molecular formula is C17H23BrF2N3O5PS. The molecule has 2 rings (SSSR count). The van der Waals surface area contributed by atoms with Gasteiger partial charge in [-0.15, -0.1) is 0 Å². The van der Waals surface area contributed by atoms with Crippen molar-refractivity contribution < 1.29 is 30.8 Å². The number of anilines is 1. The summed E-state index contributed by atoms with van der Waals surface area (Å²) < 4.78 is 75.1. The van der Waals surface area contributed by atoms with Crippen LogP contribution in [0.15, 0.2) is 22.8 Å². The van der Waals surface area contributed by atoms with Crippen LogP contribution >= 0.6 is 23.5 Å². The van der Waals surface area contributed by atoms with Gasteiger partial charge in [0, 0.05) is 34.4 Å². The summed E-state index contributed by atoms with van der Waals surface area (Å²) in [6.45, 7) is 2.78. The molecule has 1 heterocycles. The van der Waals surface area contributed by atoms with Gasteiger partial charge in [0.2, 0.25) is 5.95 Å². The molecule has 168 valence electrons. The summed E-state index contributed by atoms with van der Waals surface area (Å²) in [5.41, 5.74) is -4.31. The Hall–Kier alpha value is -1.20. The summed E-state index contributed by atoms with van der Waals surface area (Å²) in [6.07, 6.45) is 2.93. The van der Waals surface area contributed by atoms with Gasteiger partial charge in [-0.1, -0.05) is 15.9 Å². The third kappa shape index (κ3) is 5.94. The fourth-order valence-corrected chi connectivity index (χ4v) is 5.58. The second-order valence-electron chi connectivity index (χ2n) is 6.37. The zero-order chi connectivity index (χ0) is 22.6. The largest absolute Gasteiger partial charge is 0.404 e. The lowest BCUT2D eigenvalue weighted by molar-refractivity contribution is 0.0355. The van der Waals surface area contributed by atoms with Crippen LogP contribution in [0.2, 0.25) is 0 Å². The Morgan fingerprint density at radius 1 is 1.23 bits per heavy atom. The number of nitrogens with one attached hydrogen (secondary N) is 1. The third-order valence-corrected chi connectivity index (χ3v) is 7.72. The molecule has 0 unspecified atom stereocenters. The number of fused-ring (bicyclic) bond motifs is 1. The highest BCUT2D eigenvalue weighted by Crippen LogP contribution is 2.67. The first kappa shape index (κ1) is 25.1. The molecule has 0 aliphatic rings. The maximum absolute atomic E-state index is 15.2. The van der Waals surface area contributed by atoms with Crippen molar-refractivity contribution in [1.82, 2.24) is 9.97 Å². The van der Waals surface area contributed by atoms with Crippen LogP contribution in [0.4, 0.5) is 14.7 Å². The van der Waals surface area contributed by atoms with E-state index in [1.165, 1.54) is 26.1 Å². The lowest BCUT2D eigenvalue weighted by atomic mass is 10.1. The van der Waals surface area contributed by atoms with Crippen molar-refractivity contribution >= 4 is 50.2 Å². The molecule has 1 aromatic carbocycles. The van der Waals surface area contributed by atoms with Gasteiger partial charge in [-0.25, -0.2) is 18.4 Å². The van der Waals surface area contributed by atoms with Crippen LogP contribution in [0.25, 0.3) is 10.9 Å². The van der Waals surface area contributed by atoms with Crippen LogP contribution in [0.1, 0.15) is 25.8 Å². The highest BCUT2D eigenvalue weighted by atomic mass is 79.9. The van der Waals surface area contributed by atoms with Crippen molar-refractivity contribution in [2.75, 3.05) is 37.1 Å². The molecule has 8 nitrogen and oxygen atoms in total. The van der Waals surface area contributed by atoms with Crippen molar-refractivity contribution in [2.45, 2.75) is 25.9 Å². The molecule has 1 N–H and O–H groups in total.